The molecule has 0 heterocycles. The third kappa shape index (κ3) is 4.08. The minimum Gasteiger partial charge on any atom is -0.497 e. The van der Waals surface area contributed by atoms with Crippen molar-refractivity contribution in [2.45, 2.75) is 13.5 Å². The Balaban J connectivity index is 2.28. The Kier molecular flexibility index (Phi) is 5.28. The zero-order valence-corrected chi connectivity index (χ0v) is 13.5. The molecular formula is C16H15N3O6. The van der Waals surface area contributed by atoms with Crippen LogP contribution in [0.4, 0.5) is 11.4 Å². The number of amides is 1. The van der Waals surface area contributed by atoms with Gasteiger partial charge in [0, 0.05) is 18.2 Å². The number of methoxy groups -OCH3 is 1. The van der Waals surface area contributed by atoms with Crippen molar-refractivity contribution in [2.24, 2.45) is 0 Å². The molecule has 0 aromatic heterocycles. The molecular weight excluding hydrogens is 330 g/mol. The molecule has 2 aromatic rings. The maximum absolute atomic E-state index is 12.4. The highest BCUT2D eigenvalue weighted by Crippen LogP contribution is 2.28. The summed E-state index contributed by atoms with van der Waals surface area (Å²) in [6.45, 7) is 1.52. The van der Waals surface area contributed by atoms with E-state index in [0.29, 0.717) is 5.75 Å². The van der Waals surface area contributed by atoms with Gasteiger partial charge in [0.2, 0.25) is 0 Å². The Bertz CT molecular complexity index is 850. The van der Waals surface area contributed by atoms with E-state index in [4.69, 9.17) is 4.74 Å². The quantitative estimate of drug-likeness (QED) is 0.634. The summed E-state index contributed by atoms with van der Waals surface area (Å²) in [5.41, 5.74) is -0.266. The molecule has 0 aliphatic heterocycles. The predicted octanol–water partition coefficient (Wildman–Crippen LogP) is 2.75. The van der Waals surface area contributed by atoms with Crippen molar-refractivity contribution < 1.29 is 19.4 Å². The van der Waals surface area contributed by atoms with Crippen LogP contribution in [0.3, 0.4) is 0 Å². The Morgan fingerprint density at radius 2 is 1.88 bits per heavy atom. The Morgan fingerprint density at radius 1 is 1.16 bits per heavy atom. The van der Waals surface area contributed by atoms with E-state index in [-0.39, 0.29) is 17.7 Å². The van der Waals surface area contributed by atoms with Gasteiger partial charge in [-0.3, -0.25) is 25.0 Å². The van der Waals surface area contributed by atoms with E-state index < -0.39 is 27.1 Å². The highest BCUT2D eigenvalue weighted by Gasteiger charge is 2.24. The van der Waals surface area contributed by atoms with Gasteiger partial charge in [-0.25, -0.2) is 0 Å². The molecule has 0 aliphatic carbocycles. The van der Waals surface area contributed by atoms with Crippen LogP contribution in [0.25, 0.3) is 0 Å². The van der Waals surface area contributed by atoms with Gasteiger partial charge in [0.15, 0.2) is 0 Å². The lowest BCUT2D eigenvalue weighted by Crippen LogP contribution is -2.24. The number of nitro groups is 2. The number of nitrogens with zero attached hydrogens (tertiary/aromatic N) is 2. The molecule has 0 aliphatic rings. The predicted molar refractivity (Wildman–Crippen MR) is 88.7 cm³/mol. The second-order valence-electron chi connectivity index (χ2n) is 5.19. The number of hydrogen-bond acceptors (Lipinski definition) is 6. The van der Waals surface area contributed by atoms with E-state index in [0.717, 1.165) is 17.7 Å². The Hall–Kier alpha value is -3.49. The van der Waals surface area contributed by atoms with Gasteiger partial charge in [0.05, 0.1) is 28.6 Å². The number of ether oxygens (including phenoxy) is 1. The molecule has 1 N–H and O–H groups in total. The van der Waals surface area contributed by atoms with E-state index in [1.165, 1.54) is 14.0 Å². The SMILES string of the molecule is COc1cccc(CNC(=O)c2cc([N+](=O)[O-])cc([N+](=O)[O-])c2C)c1. The molecule has 9 heteroatoms. The highest BCUT2D eigenvalue weighted by atomic mass is 16.6. The highest BCUT2D eigenvalue weighted by molar-refractivity contribution is 5.97. The van der Waals surface area contributed by atoms with Gasteiger partial charge < -0.3 is 10.1 Å². The molecule has 2 aromatic carbocycles. The molecule has 0 atom stereocenters. The molecule has 0 spiro atoms. The number of carbonyl (C=O) groups is 1. The second kappa shape index (κ2) is 7.39. The van der Waals surface area contributed by atoms with E-state index in [9.17, 15) is 25.0 Å². The van der Waals surface area contributed by atoms with Crippen LogP contribution < -0.4 is 10.1 Å². The Labute approximate surface area is 142 Å². The normalized spacial score (nSPS) is 10.2. The summed E-state index contributed by atoms with van der Waals surface area (Å²) in [5.74, 6) is -0.0129. The first-order valence-corrected chi connectivity index (χ1v) is 7.18. The first-order chi connectivity index (χ1) is 11.8. The standard InChI is InChI=1S/C16H15N3O6/c1-10-14(7-12(18(21)22)8-15(10)19(23)24)16(20)17-9-11-4-3-5-13(6-11)25-2/h3-8H,9H2,1-2H3,(H,17,20). The largest absolute Gasteiger partial charge is 0.497 e. The molecule has 1 amide bonds. The van der Waals surface area contributed by atoms with Crippen LogP contribution in [0, 0.1) is 27.2 Å². The average Bonchev–Trinajstić information content (AvgIpc) is 2.59. The van der Waals surface area contributed by atoms with Crippen molar-refractivity contribution in [1.82, 2.24) is 5.32 Å². The van der Waals surface area contributed by atoms with Crippen LogP contribution in [-0.2, 0) is 6.54 Å². The number of non-ortho nitro benzene ring substituents is 1. The summed E-state index contributed by atoms with van der Waals surface area (Å²) < 4.78 is 5.09. The molecule has 0 bridgehead atoms. The van der Waals surface area contributed by atoms with Crippen molar-refractivity contribution in [3.63, 3.8) is 0 Å². The van der Waals surface area contributed by atoms with Crippen molar-refractivity contribution in [1.29, 1.82) is 0 Å². The van der Waals surface area contributed by atoms with Gasteiger partial charge in [-0.15, -0.1) is 0 Å². The molecule has 130 valence electrons. The van der Waals surface area contributed by atoms with E-state index in [1.54, 1.807) is 24.3 Å². The number of nitrogens with one attached hydrogen (secondary N) is 1. The number of rotatable bonds is 6. The summed E-state index contributed by atoms with van der Waals surface area (Å²) in [4.78, 5) is 32.8. The maximum atomic E-state index is 12.4. The minimum absolute atomic E-state index is 0.0683. The molecule has 0 unspecified atom stereocenters. The topological polar surface area (TPSA) is 125 Å². The maximum Gasteiger partial charge on any atom is 0.279 e. The van der Waals surface area contributed by atoms with Crippen molar-refractivity contribution in [3.05, 3.63) is 73.3 Å². The van der Waals surface area contributed by atoms with Crippen molar-refractivity contribution in [3.8, 4) is 5.75 Å². The van der Waals surface area contributed by atoms with Crippen LogP contribution in [0.5, 0.6) is 5.75 Å². The van der Waals surface area contributed by atoms with Crippen LogP contribution in [0.1, 0.15) is 21.5 Å². The van der Waals surface area contributed by atoms with Gasteiger partial charge in [-0.2, -0.15) is 0 Å². The summed E-state index contributed by atoms with van der Waals surface area (Å²) in [7, 11) is 1.52. The summed E-state index contributed by atoms with van der Waals surface area (Å²) >= 11 is 0. The fourth-order valence-electron chi connectivity index (χ4n) is 2.27. The van der Waals surface area contributed by atoms with Gasteiger partial charge in [-0.1, -0.05) is 12.1 Å². The summed E-state index contributed by atoms with van der Waals surface area (Å²) in [5, 5.41) is 24.6. The van der Waals surface area contributed by atoms with E-state index in [2.05, 4.69) is 5.32 Å². The van der Waals surface area contributed by atoms with Crippen LogP contribution in [0.15, 0.2) is 36.4 Å². The van der Waals surface area contributed by atoms with Crippen LogP contribution in [0.2, 0.25) is 0 Å². The smallest absolute Gasteiger partial charge is 0.279 e. The van der Waals surface area contributed by atoms with Crippen LogP contribution >= 0.6 is 0 Å². The van der Waals surface area contributed by atoms with Gasteiger partial charge in [0.25, 0.3) is 17.3 Å². The second-order valence-corrected chi connectivity index (χ2v) is 5.19. The van der Waals surface area contributed by atoms with E-state index in [1.807, 2.05) is 0 Å². The number of benzene rings is 2. The third-order valence-electron chi connectivity index (χ3n) is 3.60. The third-order valence-corrected chi connectivity index (χ3v) is 3.60. The number of nitro benzene ring substituents is 2. The fraction of sp³-hybridized carbons (Fsp3) is 0.188. The fourth-order valence-corrected chi connectivity index (χ4v) is 2.27. The van der Waals surface area contributed by atoms with Gasteiger partial charge >= 0.3 is 0 Å². The molecule has 0 fully saturated rings. The number of carbonyl (C=O) groups excluding carboxylic acids is 1. The zero-order valence-electron chi connectivity index (χ0n) is 13.5. The first kappa shape index (κ1) is 17.9. The average molecular weight is 345 g/mol. The van der Waals surface area contributed by atoms with Gasteiger partial charge in [-0.05, 0) is 24.6 Å². The molecule has 9 nitrogen and oxygen atoms in total. The summed E-state index contributed by atoms with van der Waals surface area (Å²) in [6, 6.07) is 8.87. The molecule has 2 rings (SSSR count). The number of hydrogen-bond donors (Lipinski definition) is 1. The van der Waals surface area contributed by atoms with E-state index >= 15 is 0 Å². The zero-order chi connectivity index (χ0) is 18.6. The summed E-state index contributed by atoms with van der Waals surface area (Å²) in [6.07, 6.45) is 0. The monoisotopic (exact) mass is 345 g/mol. The van der Waals surface area contributed by atoms with Gasteiger partial charge in [0.1, 0.15) is 5.75 Å². The Morgan fingerprint density at radius 3 is 2.48 bits per heavy atom. The molecule has 0 radical (unpaired) electrons. The van der Waals surface area contributed by atoms with Crippen molar-refractivity contribution >= 4 is 17.3 Å². The molecule has 25 heavy (non-hydrogen) atoms. The van der Waals surface area contributed by atoms with Crippen molar-refractivity contribution in [2.75, 3.05) is 7.11 Å². The first-order valence-electron chi connectivity index (χ1n) is 7.18. The molecule has 0 saturated carbocycles. The lowest BCUT2D eigenvalue weighted by atomic mass is 10.0. The minimum atomic E-state index is -0.773. The lowest BCUT2D eigenvalue weighted by molar-refractivity contribution is -0.394. The van der Waals surface area contributed by atoms with Crippen LogP contribution in [-0.4, -0.2) is 22.9 Å². The lowest BCUT2D eigenvalue weighted by Gasteiger charge is -2.09. The molecule has 0 saturated heterocycles.